The number of carbonyl (C=O) groups excluding carboxylic acids is 2. The molecule has 1 heterocycles. The summed E-state index contributed by atoms with van der Waals surface area (Å²) in [6.07, 6.45) is 1.88. The fraction of sp³-hybridized carbons (Fsp3) is 0.429. The number of aryl methyl sites for hydroxylation is 1. The molecule has 4 nitrogen and oxygen atoms in total. The van der Waals surface area contributed by atoms with Crippen LogP contribution in [0.1, 0.15) is 33.2 Å². The molecule has 2 amide bonds. The first-order chi connectivity index (χ1) is 8.85. The molecule has 102 valence electrons. The van der Waals surface area contributed by atoms with Crippen LogP contribution in [0, 0.1) is 6.92 Å². The molecule has 0 spiro atoms. The minimum atomic E-state index is -1.07. The Kier molecular flexibility index (Phi) is 3.69. The lowest BCUT2D eigenvalue weighted by Gasteiger charge is -2.27. The third-order valence-corrected chi connectivity index (χ3v) is 3.99. The number of imide groups is 1. The number of amides is 2. The summed E-state index contributed by atoms with van der Waals surface area (Å²) in [7, 11) is 0. The third kappa shape index (κ3) is 2.67. The monoisotopic (exact) mass is 279 g/mol. The van der Waals surface area contributed by atoms with Gasteiger partial charge in [-0.25, -0.2) is 0 Å². The number of thioether (sulfide) groups is 1. The Morgan fingerprint density at radius 3 is 2.53 bits per heavy atom. The fourth-order valence-electron chi connectivity index (χ4n) is 2.25. The average molecular weight is 279 g/mol. The molecule has 0 saturated heterocycles. The standard InChI is InChI=1S/C14H17NO3S/c1-9-4-5-10-11(6-9)13(17)15(12(10)16)7-14(2,18)8-19-3/h4-6,18H,7-8H2,1-3H3. The molecule has 1 unspecified atom stereocenters. The number of aliphatic hydroxyl groups is 1. The van der Waals surface area contributed by atoms with E-state index in [4.69, 9.17) is 0 Å². The Morgan fingerprint density at radius 1 is 1.26 bits per heavy atom. The smallest absolute Gasteiger partial charge is 0.261 e. The highest BCUT2D eigenvalue weighted by Crippen LogP contribution is 2.26. The minimum absolute atomic E-state index is 0.0270. The molecule has 0 aromatic heterocycles. The molecule has 1 aromatic carbocycles. The van der Waals surface area contributed by atoms with Crippen molar-refractivity contribution < 1.29 is 14.7 Å². The van der Waals surface area contributed by atoms with Crippen LogP contribution in [0.15, 0.2) is 18.2 Å². The zero-order valence-corrected chi connectivity index (χ0v) is 12.1. The van der Waals surface area contributed by atoms with Crippen molar-refractivity contribution in [2.75, 3.05) is 18.6 Å². The first kappa shape index (κ1) is 14.1. The minimum Gasteiger partial charge on any atom is -0.387 e. The molecule has 1 aliphatic rings. The summed E-state index contributed by atoms with van der Waals surface area (Å²) in [5.74, 6) is -0.161. The molecule has 19 heavy (non-hydrogen) atoms. The molecule has 2 rings (SSSR count). The Morgan fingerprint density at radius 2 is 1.89 bits per heavy atom. The lowest BCUT2D eigenvalue weighted by molar-refractivity contribution is 0.0320. The molecular weight excluding hydrogens is 262 g/mol. The second kappa shape index (κ2) is 4.98. The maximum Gasteiger partial charge on any atom is 0.261 e. The van der Waals surface area contributed by atoms with Crippen LogP contribution < -0.4 is 0 Å². The van der Waals surface area contributed by atoms with E-state index in [1.54, 1.807) is 19.1 Å². The fourth-order valence-corrected chi connectivity index (χ4v) is 2.96. The highest BCUT2D eigenvalue weighted by atomic mass is 32.2. The van der Waals surface area contributed by atoms with Gasteiger partial charge in [0.15, 0.2) is 0 Å². The van der Waals surface area contributed by atoms with Crippen molar-refractivity contribution in [2.24, 2.45) is 0 Å². The zero-order chi connectivity index (χ0) is 14.2. The van der Waals surface area contributed by atoms with E-state index < -0.39 is 5.60 Å². The number of benzene rings is 1. The largest absolute Gasteiger partial charge is 0.387 e. The van der Waals surface area contributed by atoms with Crippen molar-refractivity contribution >= 4 is 23.6 Å². The molecule has 5 heteroatoms. The number of carbonyl (C=O) groups is 2. The maximum atomic E-state index is 12.2. The Balaban J connectivity index is 2.28. The van der Waals surface area contributed by atoms with Gasteiger partial charge < -0.3 is 5.11 Å². The predicted molar refractivity (Wildman–Crippen MR) is 75.6 cm³/mol. The second-order valence-electron chi connectivity index (χ2n) is 5.18. The van der Waals surface area contributed by atoms with E-state index in [1.807, 2.05) is 19.2 Å². The molecular formula is C14H17NO3S. The molecule has 1 aromatic rings. The lowest BCUT2D eigenvalue weighted by Crippen LogP contribution is -2.45. The predicted octanol–water partition coefficient (Wildman–Crippen LogP) is 1.71. The number of fused-ring (bicyclic) bond motifs is 1. The second-order valence-corrected chi connectivity index (χ2v) is 6.04. The van der Waals surface area contributed by atoms with Gasteiger partial charge in [0.2, 0.25) is 0 Å². The van der Waals surface area contributed by atoms with E-state index in [-0.39, 0.29) is 18.4 Å². The summed E-state index contributed by atoms with van der Waals surface area (Å²) in [6, 6.07) is 5.21. The van der Waals surface area contributed by atoms with Crippen LogP contribution >= 0.6 is 11.8 Å². The van der Waals surface area contributed by atoms with Crippen molar-refractivity contribution in [1.82, 2.24) is 4.90 Å². The maximum absolute atomic E-state index is 12.2. The normalized spacial score (nSPS) is 17.6. The highest BCUT2D eigenvalue weighted by Gasteiger charge is 2.39. The Hall–Kier alpha value is -1.33. The van der Waals surface area contributed by atoms with Crippen molar-refractivity contribution in [3.05, 3.63) is 34.9 Å². The van der Waals surface area contributed by atoms with Gasteiger partial charge in [-0.05, 0) is 32.2 Å². The van der Waals surface area contributed by atoms with Crippen LogP contribution in [0.5, 0.6) is 0 Å². The van der Waals surface area contributed by atoms with Gasteiger partial charge >= 0.3 is 0 Å². The van der Waals surface area contributed by atoms with Crippen LogP contribution in [0.4, 0.5) is 0 Å². The van der Waals surface area contributed by atoms with Crippen LogP contribution in [-0.2, 0) is 0 Å². The summed E-state index contributed by atoms with van der Waals surface area (Å²) in [5, 5.41) is 10.2. The first-order valence-electron chi connectivity index (χ1n) is 6.04. The van der Waals surface area contributed by atoms with Gasteiger partial charge in [-0.3, -0.25) is 14.5 Å². The quantitative estimate of drug-likeness (QED) is 0.852. The van der Waals surface area contributed by atoms with Crippen molar-refractivity contribution in [2.45, 2.75) is 19.4 Å². The van der Waals surface area contributed by atoms with Crippen LogP contribution in [0.3, 0.4) is 0 Å². The van der Waals surface area contributed by atoms with Crippen molar-refractivity contribution in [3.63, 3.8) is 0 Å². The summed E-state index contributed by atoms with van der Waals surface area (Å²) in [4.78, 5) is 25.6. The van der Waals surface area contributed by atoms with E-state index in [2.05, 4.69) is 0 Å². The Labute approximate surface area is 116 Å². The average Bonchev–Trinajstić information content (AvgIpc) is 2.54. The SMILES string of the molecule is CSCC(C)(O)CN1C(=O)c2ccc(C)cc2C1=O. The summed E-state index contributed by atoms with van der Waals surface area (Å²) < 4.78 is 0. The Bertz CT molecular complexity index is 539. The molecule has 0 fully saturated rings. The topological polar surface area (TPSA) is 57.6 Å². The van der Waals surface area contributed by atoms with E-state index >= 15 is 0 Å². The van der Waals surface area contributed by atoms with Gasteiger partial charge in [-0.15, -0.1) is 0 Å². The van der Waals surface area contributed by atoms with Gasteiger partial charge in [0.05, 0.1) is 23.3 Å². The highest BCUT2D eigenvalue weighted by molar-refractivity contribution is 7.98. The van der Waals surface area contributed by atoms with Crippen LogP contribution in [0.25, 0.3) is 0 Å². The van der Waals surface area contributed by atoms with Gasteiger partial charge in [-0.1, -0.05) is 11.6 Å². The van der Waals surface area contributed by atoms with Crippen molar-refractivity contribution in [3.8, 4) is 0 Å². The van der Waals surface area contributed by atoms with E-state index in [0.29, 0.717) is 16.9 Å². The molecule has 0 aliphatic carbocycles. The van der Waals surface area contributed by atoms with Gasteiger partial charge in [0.1, 0.15) is 0 Å². The van der Waals surface area contributed by atoms with Crippen LogP contribution in [0.2, 0.25) is 0 Å². The summed E-state index contributed by atoms with van der Waals surface area (Å²) in [6.45, 7) is 3.54. The number of rotatable bonds is 4. The molecule has 0 radical (unpaired) electrons. The van der Waals surface area contributed by atoms with Crippen LogP contribution in [-0.4, -0.2) is 46.0 Å². The zero-order valence-electron chi connectivity index (χ0n) is 11.3. The molecule has 1 N–H and O–H groups in total. The van der Waals surface area contributed by atoms with E-state index in [9.17, 15) is 14.7 Å². The lowest BCUT2D eigenvalue weighted by atomic mass is 10.1. The molecule has 1 atom stereocenters. The first-order valence-corrected chi connectivity index (χ1v) is 7.43. The third-order valence-electron chi connectivity index (χ3n) is 3.08. The van der Waals surface area contributed by atoms with Gasteiger partial charge in [-0.2, -0.15) is 11.8 Å². The van der Waals surface area contributed by atoms with Gasteiger partial charge in [0.25, 0.3) is 11.8 Å². The number of hydrogen-bond donors (Lipinski definition) is 1. The molecule has 0 bridgehead atoms. The van der Waals surface area contributed by atoms with Crippen molar-refractivity contribution in [1.29, 1.82) is 0 Å². The molecule has 0 saturated carbocycles. The number of nitrogens with zero attached hydrogens (tertiary/aromatic N) is 1. The summed E-state index contributed by atoms with van der Waals surface area (Å²) in [5.41, 5.74) is 0.736. The number of β-amino-alcohol motifs (C(OH)–C–C–N with tert-alkyl or cyclic N) is 1. The molecule has 1 aliphatic heterocycles. The van der Waals surface area contributed by atoms with Gasteiger partial charge in [0, 0.05) is 5.75 Å². The van der Waals surface area contributed by atoms with E-state index in [1.165, 1.54) is 11.8 Å². The summed E-state index contributed by atoms with van der Waals surface area (Å²) >= 11 is 1.48. The van der Waals surface area contributed by atoms with E-state index in [0.717, 1.165) is 10.5 Å². The number of hydrogen-bond acceptors (Lipinski definition) is 4.